The number of rotatable bonds is 1. The summed E-state index contributed by atoms with van der Waals surface area (Å²) < 4.78 is 0. The molecule has 0 bridgehead atoms. The lowest BCUT2D eigenvalue weighted by Crippen LogP contribution is -2.49. The van der Waals surface area contributed by atoms with Gasteiger partial charge in [-0.3, -0.25) is 4.79 Å². The van der Waals surface area contributed by atoms with Gasteiger partial charge in [0.15, 0.2) is 0 Å². The van der Waals surface area contributed by atoms with Crippen molar-refractivity contribution in [3.63, 3.8) is 0 Å². The van der Waals surface area contributed by atoms with E-state index in [2.05, 4.69) is 24.1 Å². The van der Waals surface area contributed by atoms with Gasteiger partial charge in [-0.05, 0) is 39.7 Å². The van der Waals surface area contributed by atoms with Crippen molar-refractivity contribution in [3.05, 3.63) is 0 Å². The van der Waals surface area contributed by atoms with Gasteiger partial charge in [-0.15, -0.1) is 0 Å². The Hall–Kier alpha value is -0.570. The van der Waals surface area contributed by atoms with Gasteiger partial charge in [0.2, 0.25) is 5.91 Å². The van der Waals surface area contributed by atoms with Crippen LogP contribution in [-0.2, 0) is 4.79 Å². The minimum absolute atomic E-state index is 0.0573. The zero-order valence-corrected chi connectivity index (χ0v) is 8.47. The third kappa shape index (κ3) is 1.70. The van der Waals surface area contributed by atoms with Gasteiger partial charge in [0.05, 0.1) is 6.54 Å². The Kier molecular flexibility index (Phi) is 2.06. The predicted molar refractivity (Wildman–Crippen MR) is 51.4 cm³/mol. The molecule has 74 valence electrons. The van der Waals surface area contributed by atoms with Crippen LogP contribution in [0.5, 0.6) is 0 Å². The molecule has 2 aliphatic rings. The summed E-state index contributed by atoms with van der Waals surface area (Å²) in [7, 11) is 0. The first-order chi connectivity index (χ1) is 6.11. The zero-order chi connectivity index (χ0) is 9.47. The summed E-state index contributed by atoms with van der Waals surface area (Å²) in [5.74, 6) is 0.282. The van der Waals surface area contributed by atoms with Crippen molar-refractivity contribution in [2.45, 2.75) is 44.7 Å². The van der Waals surface area contributed by atoms with Crippen molar-refractivity contribution in [1.82, 2.24) is 10.2 Å². The van der Waals surface area contributed by atoms with Crippen LogP contribution in [0.2, 0.25) is 0 Å². The largest absolute Gasteiger partial charge is 0.333 e. The van der Waals surface area contributed by atoms with E-state index in [0.29, 0.717) is 12.6 Å². The number of hydrogen-bond acceptors (Lipinski definition) is 2. The molecule has 2 rings (SSSR count). The van der Waals surface area contributed by atoms with E-state index in [-0.39, 0.29) is 11.4 Å². The Labute approximate surface area is 79.5 Å². The third-order valence-electron chi connectivity index (χ3n) is 3.02. The van der Waals surface area contributed by atoms with Gasteiger partial charge in [0, 0.05) is 11.6 Å². The second-order valence-corrected chi connectivity index (χ2v) is 4.73. The van der Waals surface area contributed by atoms with Crippen molar-refractivity contribution in [2.75, 3.05) is 13.1 Å². The van der Waals surface area contributed by atoms with Crippen LogP contribution in [0.4, 0.5) is 0 Å². The lowest BCUT2D eigenvalue weighted by atomic mass is 9.98. The van der Waals surface area contributed by atoms with Crippen molar-refractivity contribution in [1.29, 1.82) is 0 Å². The molecule has 0 atom stereocenters. The van der Waals surface area contributed by atoms with Crippen LogP contribution in [-0.4, -0.2) is 35.5 Å². The summed E-state index contributed by atoms with van der Waals surface area (Å²) in [6, 6.07) is 0.544. The predicted octanol–water partition coefficient (Wildman–Crippen LogP) is 0.749. The van der Waals surface area contributed by atoms with Gasteiger partial charge >= 0.3 is 0 Å². The second-order valence-electron chi connectivity index (χ2n) is 4.73. The number of nitrogens with zero attached hydrogens (tertiary/aromatic N) is 1. The van der Waals surface area contributed by atoms with Gasteiger partial charge in [0.1, 0.15) is 0 Å². The van der Waals surface area contributed by atoms with Crippen LogP contribution in [0.1, 0.15) is 33.1 Å². The second kappa shape index (κ2) is 2.98. The van der Waals surface area contributed by atoms with E-state index in [1.165, 1.54) is 12.8 Å². The highest BCUT2D eigenvalue weighted by molar-refractivity contribution is 5.80. The van der Waals surface area contributed by atoms with Gasteiger partial charge in [0.25, 0.3) is 0 Å². The minimum Gasteiger partial charge on any atom is -0.333 e. The molecule has 1 aliphatic carbocycles. The molecule has 0 spiro atoms. The molecule has 1 heterocycles. The fourth-order valence-electron chi connectivity index (χ4n) is 2.16. The molecule has 3 nitrogen and oxygen atoms in total. The molecule has 3 heteroatoms. The molecule has 0 unspecified atom stereocenters. The molecule has 2 fully saturated rings. The maximum absolute atomic E-state index is 11.8. The van der Waals surface area contributed by atoms with Crippen LogP contribution in [0.3, 0.4) is 0 Å². The number of hydrogen-bond donors (Lipinski definition) is 1. The molecule has 0 aromatic rings. The normalized spacial score (nSPS) is 28.8. The molecule has 1 aliphatic heterocycles. The topological polar surface area (TPSA) is 32.3 Å². The lowest BCUT2D eigenvalue weighted by Gasteiger charge is -2.37. The quantitative estimate of drug-likeness (QED) is 0.649. The maximum atomic E-state index is 11.8. The van der Waals surface area contributed by atoms with Crippen molar-refractivity contribution in [3.8, 4) is 0 Å². The number of nitrogens with one attached hydrogen (secondary N) is 1. The Morgan fingerprint density at radius 1 is 1.46 bits per heavy atom. The fraction of sp³-hybridized carbons (Fsp3) is 0.900. The molecular formula is C10H18N2O. The first-order valence-electron chi connectivity index (χ1n) is 5.14. The Balaban J connectivity index is 2.18. The van der Waals surface area contributed by atoms with E-state index in [1.54, 1.807) is 0 Å². The van der Waals surface area contributed by atoms with E-state index < -0.39 is 0 Å². The molecule has 0 aromatic carbocycles. The van der Waals surface area contributed by atoms with Gasteiger partial charge < -0.3 is 10.2 Å². The summed E-state index contributed by atoms with van der Waals surface area (Å²) >= 11 is 0. The van der Waals surface area contributed by atoms with E-state index in [9.17, 15) is 4.79 Å². The average molecular weight is 182 g/mol. The summed E-state index contributed by atoms with van der Waals surface area (Å²) in [5.41, 5.74) is 0.0573. The summed E-state index contributed by atoms with van der Waals surface area (Å²) in [5, 5.41) is 3.17. The first-order valence-corrected chi connectivity index (χ1v) is 5.14. The molecule has 1 saturated carbocycles. The number of carbonyl (C=O) groups excluding carboxylic acids is 1. The molecule has 0 aromatic heterocycles. The van der Waals surface area contributed by atoms with Crippen LogP contribution in [0, 0.1) is 0 Å². The molecule has 0 radical (unpaired) electrons. The van der Waals surface area contributed by atoms with Crippen LogP contribution in [0.25, 0.3) is 0 Å². The van der Waals surface area contributed by atoms with Crippen molar-refractivity contribution < 1.29 is 4.79 Å². The van der Waals surface area contributed by atoms with Crippen LogP contribution < -0.4 is 5.32 Å². The van der Waals surface area contributed by atoms with Crippen molar-refractivity contribution >= 4 is 5.91 Å². The average Bonchev–Trinajstić information content (AvgIpc) is 2.80. The zero-order valence-electron chi connectivity index (χ0n) is 8.47. The number of amides is 1. The molecular weight excluding hydrogens is 164 g/mol. The highest BCUT2D eigenvalue weighted by atomic mass is 16.2. The van der Waals surface area contributed by atoms with E-state index in [0.717, 1.165) is 13.0 Å². The first kappa shape index (κ1) is 9.00. The number of carbonyl (C=O) groups is 1. The maximum Gasteiger partial charge on any atom is 0.237 e. The Morgan fingerprint density at radius 3 is 2.77 bits per heavy atom. The van der Waals surface area contributed by atoms with E-state index >= 15 is 0 Å². The standard InChI is InChI=1S/C10H18N2O/c1-10(2)5-6-11-7-9(13)12(10)8-3-4-8/h8,11H,3-7H2,1-2H3. The van der Waals surface area contributed by atoms with Crippen molar-refractivity contribution in [2.24, 2.45) is 0 Å². The Morgan fingerprint density at radius 2 is 2.15 bits per heavy atom. The van der Waals surface area contributed by atoms with E-state index in [1.807, 2.05) is 0 Å². The molecule has 1 saturated heterocycles. The fourth-order valence-corrected chi connectivity index (χ4v) is 2.16. The summed E-state index contributed by atoms with van der Waals surface area (Å²) in [6.45, 7) is 5.84. The highest BCUT2D eigenvalue weighted by Crippen LogP contribution is 2.34. The van der Waals surface area contributed by atoms with Crippen LogP contribution in [0.15, 0.2) is 0 Å². The molecule has 1 amide bonds. The molecule has 13 heavy (non-hydrogen) atoms. The smallest absolute Gasteiger partial charge is 0.237 e. The van der Waals surface area contributed by atoms with Crippen LogP contribution >= 0.6 is 0 Å². The highest BCUT2D eigenvalue weighted by Gasteiger charge is 2.42. The SMILES string of the molecule is CC1(C)CCNCC(=O)N1C1CC1. The monoisotopic (exact) mass is 182 g/mol. The van der Waals surface area contributed by atoms with E-state index in [4.69, 9.17) is 0 Å². The minimum atomic E-state index is 0.0573. The van der Waals surface area contributed by atoms with Gasteiger partial charge in [-0.2, -0.15) is 0 Å². The van der Waals surface area contributed by atoms with Gasteiger partial charge in [-0.1, -0.05) is 0 Å². The molecule has 1 N–H and O–H groups in total. The third-order valence-corrected chi connectivity index (χ3v) is 3.02. The lowest BCUT2D eigenvalue weighted by molar-refractivity contribution is -0.135. The summed E-state index contributed by atoms with van der Waals surface area (Å²) in [6.07, 6.45) is 3.47. The summed E-state index contributed by atoms with van der Waals surface area (Å²) in [4.78, 5) is 13.9. The Bertz CT molecular complexity index is 221. The van der Waals surface area contributed by atoms with Gasteiger partial charge in [-0.25, -0.2) is 0 Å².